The quantitative estimate of drug-likeness (QED) is 0.757. The highest BCUT2D eigenvalue weighted by Gasteiger charge is 2.13. The lowest BCUT2D eigenvalue weighted by Gasteiger charge is -2.10. The molecule has 2 rings (SSSR count). The fourth-order valence-electron chi connectivity index (χ4n) is 2.09. The summed E-state index contributed by atoms with van der Waals surface area (Å²) in [4.78, 5) is 12.4. The van der Waals surface area contributed by atoms with Crippen molar-refractivity contribution in [2.45, 2.75) is 13.3 Å². The Hall–Kier alpha value is -2.47. The number of nitrogens with one attached hydrogen (secondary N) is 1. The molecule has 0 fully saturated rings. The average Bonchev–Trinajstić information content (AvgIpc) is 2.61. The minimum atomic E-state index is -0.130. The predicted molar refractivity (Wildman–Crippen MR) is 87.5 cm³/mol. The molecule has 0 bridgehead atoms. The molecule has 1 amide bonds. The van der Waals surface area contributed by atoms with E-state index >= 15 is 0 Å². The van der Waals surface area contributed by atoms with Crippen LogP contribution in [0.3, 0.4) is 0 Å². The maximum absolute atomic E-state index is 12.4. The molecule has 0 aliphatic rings. The van der Waals surface area contributed by atoms with E-state index in [1.54, 1.807) is 18.2 Å². The van der Waals surface area contributed by atoms with E-state index < -0.39 is 0 Å². The predicted octanol–water partition coefficient (Wildman–Crippen LogP) is 2.31. The molecule has 6 heteroatoms. The topological polar surface area (TPSA) is 73.3 Å². The summed E-state index contributed by atoms with van der Waals surface area (Å²) in [7, 11) is 1.54. The smallest absolute Gasteiger partial charge is 0.251 e. The van der Waals surface area contributed by atoms with Gasteiger partial charge in [0.25, 0.3) is 5.91 Å². The molecule has 0 unspecified atom stereocenters. The summed E-state index contributed by atoms with van der Waals surface area (Å²) in [6, 6.07) is 10.8. The number of benzene rings is 1. The van der Waals surface area contributed by atoms with Gasteiger partial charge in [-0.2, -0.15) is 0 Å². The van der Waals surface area contributed by atoms with Crippen LogP contribution < -0.4 is 10.1 Å². The zero-order chi connectivity index (χ0) is 16.5. The Balaban J connectivity index is 2.08. The summed E-state index contributed by atoms with van der Waals surface area (Å²) in [6.45, 7) is 3.85. The third kappa shape index (κ3) is 4.75. The molecule has 0 aliphatic carbocycles. The molecule has 0 spiro atoms. The first-order valence-electron chi connectivity index (χ1n) is 7.59. The molecule has 0 aliphatic heterocycles. The van der Waals surface area contributed by atoms with Crippen LogP contribution in [0.5, 0.6) is 5.88 Å². The van der Waals surface area contributed by atoms with Crippen molar-refractivity contribution in [2.24, 2.45) is 0 Å². The number of carbonyl (C=O) groups is 1. The van der Waals surface area contributed by atoms with E-state index in [0.29, 0.717) is 36.9 Å². The van der Waals surface area contributed by atoms with Crippen LogP contribution in [0.4, 0.5) is 0 Å². The third-order valence-electron chi connectivity index (χ3n) is 3.25. The summed E-state index contributed by atoms with van der Waals surface area (Å²) in [5.74, 6) is 0.307. The maximum Gasteiger partial charge on any atom is 0.251 e. The lowest BCUT2D eigenvalue weighted by atomic mass is 10.0. The van der Waals surface area contributed by atoms with E-state index in [9.17, 15) is 4.79 Å². The molecule has 0 atom stereocenters. The van der Waals surface area contributed by atoms with Crippen molar-refractivity contribution >= 4 is 5.91 Å². The molecule has 6 nitrogen and oxygen atoms in total. The molecule has 1 heterocycles. The van der Waals surface area contributed by atoms with Gasteiger partial charge in [0.05, 0.1) is 12.8 Å². The largest absolute Gasteiger partial charge is 0.480 e. The van der Waals surface area contributed by atoms with Crippen molar-refractivity contribution in [3.63, 3.8) is 0 Å². The summed E-state index contributed by atoms with van der Waals surface area (Å²) in [5, 5.41) is 11.0. The first-order chi connectivity index (χ1) is 11.3. The van der Waals surface area contributed by atoms with Gasteiger partial charge in [-0.15, -0.1) is 10.2 Å². The SMILES string of the molecule is CCOCCCNC(=O)c1ccccc1-c1ccc(OC)nn1. The fraction of sp³-hybridized carbons (Fsp3) is 0.353. The monoisotopic (exact) mass is 315 g/mol. The van der Waals surface area contributed by atoms with Crippen LogP contribution in [0.2, 0.25) is 0 Å². The van der Waals surface area contributed by atoms with Gasteiger partial charge in [-0.05, 0) is 25.5 Å². The Morgan fingerprint density at radius 1 is 1.17 bits per heavy atom. The molecule has 0 saturated heterocycles. The number of nitrogens with zero attached hydrogens (tertiary/aromatic N) is 2. The molecule has 2 aromatic rings. The summed E-state index contributed by atoms with van der Waals surface area (Å²) in [6.07, 6.45) is 0.782. The van der Waals surface area contributed by atoms with Gasteiger partial charge < -0.3 is 14.8 Å². The van der Waals surface area contributed by atoms with Crippen molar-refractivity contribution < 1.29 is 14.3 Å². The Bertz CT molecular complexity index is 629. The van der Waals surface area contributed by atoms with E-state index in [-0.39, 0.29) is 5.91 Å². The molecule has 0 radical (unpaired) electrons. The molecule has 122 valence electrons. The number of rotatable bonds is 8. The van der Waals surface area contributed by atoms with Gasteiger partial charge in [-0.1, -0.05) is 18.2 Å². The minimum absolute atomic E-state index is 0.130. The minimum Gasteiger partial charge on any atom is -0.480 e. The standard InChI is InChI=1S/C17H21N3O3/c1-3-23-12-6-11-18-17(21)14-8-5-4-7-13(14)15-9-10-16(22-2)20-19-15/h4-5,7-10H,3,6,11-12H2,1-2H3,(H,18,21). The van der Waals surface area contributed by atoms with Crippen molar-refractivity contribution in [1.29, 1.82) is 0 Å². The lowest BCUT2D eigenvalue weighted by Crippen LogP contribution is -2.25. The number of amides is 1. The second kappa shape index (κ2) is 8.85. The Kier molecular flexibility index (Phi) is 6.50. The van der Waals surface area contributed by atoms with Crippen LogP contribution >= 0.6 is 0 Å². The maximum atomic E-state index is 12.4. The highest BCUT2D eigenvalue weighted by atomic mass is 16.5. The van der Waals surface area contributed by atoms with E-state index in [2.05, 4.69) is 15.5 Å². The van der Waals surface area contributed by atoms with Gasteiger partial charge in [0.1, 0.15) is 0 Å². The third-order valence-corrected chi connectivity index (χ3v) is 3.25. The van der Waals surface area contributed by atoms with Crippen LogP contribution in [0.15, 0.2) is 36.4 Å². The normalized spacial score (nSPS) is 10.3. The number of ether oxygens (including phenoxy) is 2. The van der Waals surface area contributed by atoms with Crippen molar-refractivity contribution in [3.05, 3.63) is 42.0 Å². The number of hydrogen-bond acceptors (Lipinski definition) is 5. The number of aromatic nitrogens is 2. The van der Waals surface area contributed by atoms with Crippen LogP contribution in [0, 0.1) is 0 Å². The van der Waals surface area contributed by atoms with Gasteiger partial charge >= 0.3 is 0 Å². The summed E-state index contributed by atoms with van der Waals surface area (Å²) in [5.41, 5.74) is 1.94. The van der Waals surface area contributed by atoms with E-state index in [4.69, 9.17) is 9.47 Å². The molecular weight excluding hydrogens is 294 g/mol. The van der Waals surface area contributed by atoms with Crippen molar-refractivity contribution in [2.75, 3.05) is 26.9 Å². The zero-order valence-corrected chi connectivity index (χ0v) is 13.4. The van der Waals surface area contributed by atoms with Gasteiger partial charge in [0.15, 0.2) is 0 Å². The van der Waals surface area contributed by atoms with Crippen molar-refractivity contribution in [1.82, 2.24) is 15.5 Å². The van der Waals surface area contributed by atoms with E-state index in [1.165, 1.54) is 7.11 Å². The molecule has 1 aromatic heterocycles. The number of methoxy groups -OCH3 is 1. The van der Waals surface area contributed by atoms with Crippen LogP contribution in [0.25, 0.3) is 11.3 Å². The molecule has 1 aromatic carbocycles. The second-order valence-corrected chi connectivity index (χ2v) is 4.81. The van der Waals surface area contributed by atoms with Crippen LogP contribution in [-0.2, 0) is 4.74 Å². The molecule has 1 N–H and O–H groups in total. The fourth-order valence-corrected chi connectivity index (χ4v) is 2.09. The summed E-state index contributed by atoms with van der Waals surface area (Å²) >= 11 is 0. The Morgan fingerprint density at radius 2 is 2.00 bits per heavy atom. The van der Waals surface area contributed by atoms with Gasteiger partial charge in [0, 0.05) is 37.0 Å². The van der Waals surface area contributed by atoms with E-state index in [1.807, 2.05) is 25.1 Å². The first-order valence-corrected chi connectivity index (χ1v) is 7.59. The highest BCUT2D eigenvalue weighted by molar-refractivity contribution is 6.00. The second-order valence-electron chi connectivity index (χ2n) is 4.81. The van der Waals surface area contributed by atoms with Crippen LogP contribution in [-0.4, -0.2) is 43.0 Å². The molecule has 23 heavy (non-hydrogen) atoms. The van der Waals surface area contributed by atoms with Gasteiger partial charge in [-0.25, -0.2) is 0 Å². The molecular formula is C17H21N3O3. The van der Waals surface area contributed by atoms with Crippen molar-refractivity contribution in [3.8, 4) is 17.1 Å². The zero-order valence-electron chi connectivity index (χ0n) is 13.4. The Morgan fingerprint density at radius 3 is 2.70 bits per heavy atom. The van der Waals surface area contributed by atoms with E-state index in [0.717, 1.165) is 12.0 Å². The lowest BCUT2D eigenvalue weighted by molar-refractivity contribution is 0.0945. The van der Waals surface area contributed by atoms with Gasteiger partial charge in [0.2, 0.25) is 5.88 Å². The summed E-state index contributed by atoms with van der Waals surface area (Å²) < 4.78 is 10.3. The first kappa shape index (κ1) is 16.9. The highest BCUT2D eigenvalue weighted by Crippen LogP contribution is 2.22. The number of hydrogen-bond donors (Lipinski definition) is 1. The van der Waals surface area contributed by atoms with Crippen LogP contribution in [0.1, 0.15) is 23.7 Å². The average molecular weight is 315 g/mol. The van der Waals surface area contributed by atoms with Gasteiger partial charge in [-0.3, -0.25) is 4.79 Å². The number of carbonyl (C=O) groups excluding carboxylic acids is 1. The Labute approximate surface area is 135 Å². The molecule has 0 saturated carbocycles.